The summed E-state index contributed by atoms with van der Waals surface area (Å²) in [7, 11) is 0. The maximum absolute atomic E-state index is 11.1. The molecule has 1 atom stereocenters. The molecule has 1 aliphatic heterocycles. The first kappa shape index (κ1) is 8.37. The van der Waals surface area contributed by atoms with E-state index in [0.717, 1.165) is 19.5 Å². The van der Waals surface area contributed by atoms with Gasteiger partial charge in [-0.2, -0.15) is 0 Å². The Bertz CT molecular complexity index is 169. The Balaban J connectivity index is 2.62. The van der Waals surface area contributed by atoms with Gasteiger partial charge in [-0.3, -0.25) is 0 Å². The summed E-state index contributed by atoms with van der Waals surface area (Å²) < 4.78 is 5.19. The summed E-state index contributed by atoms with van der Waals surface area (Å²) in [6.07, 6.45) is 0.715. The van der Waals surface area contributed by atoms with Crippen LogP contribution in [0, 0.1) is 0 Å². The van der Waals surface area contributed by atoms with E-state index in [0.29, 0.717) is 0 Å². The predicted molar refractivity (Wildman–Crippen MR) is 42.4 cm³/mol. The fourth-order valence-electron chi connectivity index (χ4n) is 1.20. The van der Waals surface area contributed by atoms with Crippen LogP contribution in [-0.2, 0) is 4.74 Å². The first-order valence-electron chi connectivity index (χ1n) is 4.09. The van der Waals surface area contributed by atoms with Crippen molar-refractivity contribution in [1.82, 2.24) is 4.90 Å². The lowest BCUT2D eigenvalue weighted by molar-refractivity contribution is 0.0688. The topological polar surface area (TPSA) is 29.5 Å². The monoisotopic (exact) mass is 157 g/mol. The number of cyclic esters (lactones) is 1. The summed E-state index contributed by atoms with van der Waals surface area (Å²) in [5.41, 5.74) is -0.243. The molecule has 1 fully saturated rings. The highest BCUT2D eigenvalue weighted by molar-refractivity contribution is 5.70. The molecule has 0 spiro atoms. The fraction of sp³-hybridized carbons (Fsp3) is 0.875. The molecule has 0 radical (unpaired) electrons. The van der Waals surface area contributed by atoms with Gasteiger partial charge in [-0.1, -0.05) is 6.92 Å². The molecule has 1 aliphatic rings. The zero-order valence-corrected chi connectivity index (χ0v) is 7.39. The van der Waals surface area contributed by atoms with Gasteiger partial charge in [0.2, 0.25) is 0 Å². The first-order valence-corrected chi connectivity index (χ1v) is 4.09. The van der Waals surface area contributed by atoms with Crippen LogP contribution in [0.15, 0.2) is 0 Å². The van der Waals surface area contributed by atoms with Crippen LogP contribution >= 0.6 is 0 Å². The minimum atomic E-state index is -0.243. The van der Waals surface area contributed by atoms with E-state index in [-0.39, 0.29) is 11.7 Å². The molecule has 1 amide bonds. The Labute approximate surface area is 67.3 Å². The largest absolute Gasteiger partial charge is 0.441 e. The molecule has 3 heteroatoms. The SMILES string of the molecule is CCN1CC(C)(CC)OC1=O. The Kier molecular flexibility index (Phi) is 2.07. The van der Waals surface area contributed by atoms with Gasteiger partial charge in [0.05, 0.1) is 6.54 Å². The smallest absolute Gasteiger partial charge is 0.410 e. The average molecular weight is 157 g/mol. The lowest BCUT2D eigenvalue weighted by Gasteiger charge is -2.18. The second kappa shape index (κ2) is 2.72. The van der Waals surface area contributed by atoms with Gasteiger partial charge in [-0.25, -0.2) is 4.79 Å². The van der Waals surface area contributed by atoms with Crippen LogP contribution in [-0.4, -0.2) is 29.7 Å². The Morgan fingerprint density at radius 2 is 2.27 bits per heavy atom. The van der Waals surface area contributed by atoms with Crippen molar-refractivity contribution in [1.29, 1.82) is 0 Å². The molecule has 0 aromatic carbocycles. The number of rotatable bonds is 2. The maximum atomic E-state index is 11.1. The summed E-state index contributed by atoms with van der Waals surface area (Å²) in [4.78, 5) is 12.8. The van der Waals surface area contributed by atoms with E-state index in [9.17, 15) is 4.79 Å². The third kappa shape index (κ3) is 1.47. The summed E-state index contributed by atoms with van der Waals surface area (Å²) in [5.74, 6) is 0. The summed E-state index contributed by atoms with van der Waals surface area (Å²) in [6.45, 7) is 7.45. The van der Waals surface area contributed by atoms with Crippen molar-refractivity contribution >= 4 is 6.09 Å². The van der Waals surface area contributed by atoms with Gasteiger partial charge in [-0.05, 0) is 20.3 Å². The summed E-state index contributed by atoms with van der Waals surface area (Å²) in [5, 5.41) is 0. The van der Waals surface area contributed by atoms with Crippen LogP contribution in [0.5, 0.6) is 0 Å². The molecule has 1 heterocycles. The lowest BCUT2D eigenvalue weighted by atomic mass is 10.0. The van der Waals surface area contributed by atoms with Crippen molar-refractivity contribution in [2.24, 2.45) is 0 Å². The van der Waals surface area contributed by atoms with E-state index in [1.54, 1.807) is 4.90 Å². The average Bonchev–Trinajstić information content (AvgIpc) is 2.27. The van der Waals surface area contributed by atoms with Gasteiger partial charge in [-0.15, -0.1) is 0 Å². The normalized spacial score (nSPS) is 30.8. The van der Waals surface area contributed by atoms with Crippen LogP contribution in [0.25, 0.3) is 0 Å². The minimum Gasteiger partial charge on any atom is -0.441 e. The number of carbonyl (C=O) groups excluding carboxylic acids is 1. The molecule has 1 rings (SSSR count). The predicted octanol–water partition coefficient (Wildman–Crippen LogP) is 1.63. The number of hydrogen-bond donors (Lipinski definition) is 0. The number of likely N-dealkylation sites (N-methyl/N-ethyl adjacent to an activating group) is 1. The van der Waals surface area contributed by atoms with Crippen LogP contribution in [0.3, 0.4) is 0 Å². The molecule has 0 N–H and O–H groups in total. The maximum Gasteiger partial charge on any atom is 0.410 e. The van der Waals surface area contributed by atoms with Crippen LogP contribution in [0.1, 0.15) is 27.2 Å². The van der Waals surface area contributed by atoms with Crippen molar-refractivity contribution < 1.29 is 9.53 Å². The Morgan fingerprint density at radius 3 is 2.55 bits per heavy atom. The molecule has 11 heavy (non-hydrogen) atoms. The highest BCUT2D eigenvalue weighted by atomic mass is 16.6. The van der Waals surface area contributed by atoms with Crippen LogP contribution in [0.4, 0.5) is 4.79 Å². The summed E-state index contributed by atoms with van der Waals surface area (Å²) >= 11 is 0. The fourth-order valence-corrected chi connectivity index (χ4v) is 1.20. The third-order valence-electron chi connectivity index (χ3n) is 2.25. The molecule has 0 saturated carbocycles. The van der Waals surface area contributed by atoms with E-state index in [4.69, 9.17) is 4.74 Å². The number of ether oxygens (including phenoxy) is 1. The van der Waals surface area contributed by atoms with E-state index < -0.39 is 0 Å². The number of amides is 1. The Hall–Kier alpha value is -0.730. The highest BCUT2D eigenvalue weighted by Gasteiger charge is 2.38. The van der Waals surface area contributed by atoms with Gasteiger partial charge >= 0.3 is 6.09 Å². The third-order valence-corrected chi connectivity index (χ3v) is 2.25. The van der Waals surface area contributed by atoms with E-state index in [1.165, 1.54) is 0 Å². The molecule has 64 valence electrons. The second-order valence-electron chi connectivity index (χ2n) is 3.19. The van der Waals surface area contributed by atoms with Gasteiger partial charge in [0.1, 0.15) is 5.60 Å². The van der Waals surface area contributed by atoms with Crippen LogP contribution in [0.2, 0.25) is 0 Å². The first-order chi connectivity index (χ1) is 5.11. The number of nitrogens with zero attached hydrogens (tertiary/aromatic N) is 1. The van der Waals surface area contributed by atoms with E-state index >= 15 is 0 Å². The van der Waals surface area contributed by atoms with Gasteiger partial charge in [0.15, 0.2) is 0 Å². The minimum absolute atomic E-state index is 0.170. The Morgan fingerprint density at radius 1 is 1.64 bits per heavy atom. The van der Waals surface area contributed by atoms with Crippen molar-refractivity contribution in [3.63, 3.8) is 0 Å². The van der Waals surface area contributed by atoms with Crippen molar-refractivity contribution in [3.8, 4) is 0 Å². The molecule has 1 unspecified atom stereocenters. The quantitative estimate of drug-likeness (QED) is 0.609. The van der Waals surface area contributed by atoms with Crippen molar-refractivity contribution in [2.75, 3.05) is 13.1 Å². The molecule has 0 aromatic rings. The van der Waals surface area contributed by atoms with Crippen LogP contribution < -0.4 is 0 Å². The molecular formula is C8H15NO2. The molecule has 0 aromatic heterocycles. The summed E-state index contributed by atoms with van der Waals surface area (Å²) in [6, 6.07) is 0. The molecule has 3 nitrogen and oxygen atoms in total. The van der Waals surface area contributed by atoms with E-state index in [1.807, 2.05) is 20.8 Å². The van der Waals surface area contributed by atoms with Gasteiger partial charge in [0.25, 0.3) is 0 Å². The zero-order valence-electron chi connectivity index (χ0n) is 7.39. The second-order valence-corrected chi connectivity index (χ2v) is 3.19. The van der Waals surface area contributed by atoms with Gasteiger partial charge in [0, 0.05) is 6.54 Å². The molecule has 0 aliphatic carbocycles. The zero-order chi connectivity index (χ0) is 8.48. The number of hydrogen-bond acceptors (Lipinski definition) is 2. The molecule has 1 saturated heterocycles. The van der Waals surface area contributed by atoms with Crippen molar-refractivity contribution in [3.05, 3.63) is 0 Å². The highest BCUT2D eigenvalue weighted by Crippen LogP contribution is 2.24. The molecular weight excluding hydrogens is 142 g/mol. The van der Waals surface area contributed by atoms with Gasteiger partial charge < -0.3 is 9.64 Å². The standard InChI is InChI=1S/C8H15NO2/c1-4-8(3)6-9(5-2)7(10)11-8/h4-6H2,1-3H3. The number of carbonyl (C=O) groups is 1. The lowest BCUT2D eigenvalue weighted by Crippen LogP contribution is -2.30. The van der Waals surface area contributed by atoms with Crippen molar-refractivity contribution in [2.45, 2.75) is 32.8 Å². The molecule has 0 bridgehead atoms. The van der Waals surface area contributed by atoms with E-state index in [2.05, 4.69) is 0 Å².